The lowest BCUT2D eigenvalue weighted by Gasteiger charge is -2.19. The number of hydrogen-bond acceptors (Lipinski definition) is 2. The maximum Gasteiger partial charge on any atom is 0.163 e. The summed E-state index contributed by atoms with van der Waals surface area (Å²) in [5.74, 6) is -0.131. The molecule has 2 heteroatoms. The zero-order valence-electron chi connectivity index (χ0n) is 20.4. The predicted molar refractivity (Wildman–Crippen MR) is 152 cm³/mol. The smallest absolute Gasteiger partial charge is 0.163 e. The van der Waals surface area contributed by atoms with E-state index in [1.807, 2.05) is 103 Å². The third kappa shape index (κ3) is 4.66. The summed E-state index contributed by atoms with van der Waals surface area (Å²) >= 11 is 0. The largest absolute Gasteiger partial charge is 0.294 e. The molecule has 0 saturated carbocycles. The minimum atomic E-state index is -0.232. The Kier molecular flexibility index (Phi) is 6.08. The molecule has 0 heterocycles. The molecule has 6 aromatic carbocycles. The Labute approximate surface area is 216 Å². The van der Waals surface area contributed by atoms with Gasteiger partial charge in [-0.05, 0) is 55.9 Å². The fourth-order valence-corrected chi connectivity index (χ4v) is 5.31. The number of hydrogen-bond donors (Lipinski definition) is 0. The van der Waals surface area contributed by atoms with Gasteiger partial charge in [0.15, 0.2) is 11.6 Å². The van der Waals surface area contributed by atoms with Gasteiger partial charge in [-0.3, -0.25) is 9.59 Å². The molecule has 0 amide bonds. The molecule has 0 bridgehead atoms. The van der Waals surface area contributed by atoms with E-state index in [2.05, 4.69) is 24.3 Å². The van der Waals surface area contributed by atoms with Gasteiger partial charge >= 0.3 is 0 Å². The molecule has 0 aliphatic heterocycles. The number of rotatable bonds is 7. The Hall–Kier alpha value is -4.56. The zero-order chi connectivity index (χ0) is 25.2. The predicted octanol–water partition coefficient (Wildman–Crippen LogP) is 8.78. The van der Waals surface area contributed by atoms with E-state index in [-0.39, 0.29) is 30.3 Å². The van der Waals surface area contributed by atoms with Gasteiger partial charge in [-0.1, -0.05) is 115 Å². The Bertz CT molecular complexity index is 1680. The second-order valence-corrected chi connectivity index (χ2v) is 9.64. The summed E-state index contributed by atoms with van der Waals surface area (Å²) in [5, 5.41) is 6.51. The molecule has 2 nitrogen and oxygen atoms in total. The van der Waals surface area contributed by atoms with E-state index in [0.29, 0.717) is 11.1 Å². The monoisotopic (exact) mass is 478 g/mol. The Morgan fingerprint density at radius 1 is 0.459 bits per heavy atom. The van der Waals surface area contributed by atoms with E-state index >= 15 is 0 Å². The van der Waals surface area contributed by atoms with Crippen molar-refractivity contribution in [2.24, 2.45) is 0 Å². The molecule has 0 fully saturated rings. The highest BCUT2D eigenvalue weighted by Gasteiger charge is 2.23. The SMILES string of the molecule is O=C(CC(CC(=O)c1ccc2ccccc2c1)c1cccc2ccccc12)c1ccc2ccccc2c1. The summed E-state index contributed by atoms with van der Waals surface area (Å²) < 4.78 is 0. The molecule has 0 spiro atoms. The maximum absolute atomic E-state index is 13.6. The van der Waals surface area contributed by atoms with Crippen LogP contribution in [-0.4, -0.2) is 11.6 Å². The van der Waals surface area contributed by atoms with Crippen molar-refractivity contribution in [3.05, 3.63) is 144 Å². The van der Waals surface area contributed by atoms with E-state index < -0.39 is 0 Å². The Balaban J connectivity index is 1.36. The molecular weight excluding hydrogens is 452 g/mol. The molecule has 6 rings (SSSR count). The van der Waals surface area contributed by atoms with Crippen molar-refractivity contribution >= 4 is 43.9 Å². The summed E-state index contributed by atoms with van der Waals surface area (Å²) in [6.07, 6.45) is 0.539. The van der Waals surface area contributed by atoms with Gasteiger partial charge in [0.25, 0.3) is 0 Å². The lowest BCUT2D eigenvalue weighted by Crippen LogP contribution is -2.13. The second-order valence-electron chi connectivity index (χ2n) is 9.64. The van der Waals surface area contributed by atoms with Crippen molar-refractivity contribution in [3.8, 4) is 0 Å². The molecule has 178 valence electrons. The quantitative estimate of drug-likeness (QED) is 0.215. The fourth-order valence-electron chi connectivity index (χ4n) is 5.31. The Morgan fingerprint density at radius 2 is 0.919 bits per heavy atom. The normalized spacial score (nSPS) is 11.4. The first-order chi connectivity index (χ1) is 18.2. The van der Waals surface area contributed by atoms with Gasteiger partial charge in [0.1, 0.15) is 0 Å². The first-order valence-corrected chi connectivity index (χ1v) is 12.7. The topological polar surface area (TPSA) is 34.1 Å². The lowest BCUT2D eigenvalue weighted by molar-refractivity contribution is 0.0945. The van der Waals surface area contributed by atoms with Crippen LogP contribution in [0.25, 0.3) is 32.3 Å². The van der Waals surface area contributed by atoms with Crippen LogP contribution in [0.3, 0.4) is 0 Å². The fraction of sp³-hybridized carbons (Fsp3) is 0.0857. The highest BCUT2D eigenvalue weighted by molar-refractivity contribution is 6.03. The van der Waals surface area contributed by atoms with Crippen LogP contribution in [-0.2, 0) is 0 Å². The van der Waals surface area contributed by atoms with E-state index in [4.69, 9.17) is 0 Å². The van der Waals surface area contributed by atoms with Crippen molar-refractivity contribution in [2.75, 3.05) is 0 Å². The highest BCUT2D eigenvalue weighted by Crippen LogP contribution is 2.33. The van der Waals surface area contributed by atoms with Crippen molar-refractivity contribution in [1.29, 1.82) is 0 Å². The van der Waals surface area contributed by atoms with Crippen molar-refractivity contribution < 1.29 is 9.59 Å². The van der Waals surface area contributed by atoms with Crippen LogP contribution in [0, 0.1) is 0 Å². The average Bonchev–Trinajstić information content (AvgIpc) is 2.96. The number of carbonyl (C=O) groups is 2. The van der Waals surface area contributed by atoms with Gasteiger partial charge in [0.2, 0.25) is 0 Å². The summed E-state index contributed by atoms with van der Waals surface area (Å²) in [7, 11) is 0. The second kappa shape index (κ2) is 9.83. The number of Topliss-reactive ketones (excluding diaryl/α,β-unsaturated/α-hetero) is 2. The molecule has 0 aliphatic carbocycles. The summed E-state index contributed by atoms with van der Waals surface area (Å²) in [5.41, 5.74) is 2.41. The van der Waals surface area contributed by atoms with Crippen LogP contribution in [0.5, 0.6) is 0 Å². The van der Waals surface area contributed by atoms with Gasteiger partial charge in [-0.2, -0.15) is 0 Å². The average molecular weight is 479 g/mol. The molecule has 6 aromatic rings. The van der Waals surface area contributed by atoms with E-state index in [1.54, 1.807) is 0 Å². The first-order valence-electron chi connectivity index (χ1n) is 12.7. The molecule has 0 aliphatic rings. The lowest BCUT2D eigenvalue weighted by atomic mass is 9.83. The third-order valence-corrected chi connectivity index (χ3v) is 7.27. The van der Waals surface area contributed by atoms with Crippen molar-refractivity contribution in [2.45, 2.75) is 18.8 Å². The third-order valence-electron chi connectivity index (χ3n) is 7.27. The van der Waals surface area contributed by atoms with Crippen molar-refractivity contribution in [1.82, 2.24) is 0 Å². The molecule has 0 unspecified atom stereocenters. The van der Waals surface area contributed by atoms with Gasteiger partial charge in [0.05, 0.1) is 0 Å². The van der Waals surface area contributed by atoms with Crippen LogP contribution in [0.4, 0.5) is 0 Å². The number of carbonyl (C=O) groups excluding carboxylic acids is 2. The van der Waals surface area contributed by atoms with Crippen LogP contribution in [0.2, 0.25) is 0 Å². The van der Waals surface area contributed by atoms with Crippen LogP contribution in [0.1, 0.15) is 45.0 Å². The van der Waals surface area contributed by atoms with Crippen LogP contribution < -0.4 is 0 Å². The van der Waals surface area contributed by atoms with E-state index in [9.17, 15) is 9.59 Å². The Morgan fingerprint density at radius 3 is 1.49 bits per heavy atom. The molecule has 0 saturated heterocycles. The summed E-state index contributed by atoms with van der Waals surface area (Å²) in [6, 6.07) is 42.2. The first kappa shape index (κ1) is 22.9. The number of fused-ring (bicyclic) bond motifs is 3. The molecular formula is C35H26O2. The minimum absolute atomic E-state index is 0.0509. The molecule has 0 atom stereocenters. The maximum atomic E-state index is 13.6. The summed E-state index contributed by atoms with van der Waals surface area (Å²) in [6.45, 7) is 0. The molecule has 0 aromatic heterocycles. The molecule has 0 radical (unpaired) electrons. The van der Waals surface area contributed by atoms with Gasteiger partial charge in [-0.15, -0.1) is 0 Å². The van der Waals surface area contributed by atoms with E-state index in [0.717, 1.165) is 37.9 Å². The van der Waals surface area contributed by atoms with Gasteiger partial charge in [-0.25, -0.2) is 0 Å². The van der Waals surface area contributed by atoms with Crippen molar-refractivity contribution in [3.63, 3.8) is 0 Å². The number of ketones is 2. The standard InChI is InChI=1S/C35H26O2/c36-34(29-18-16-24-8-1-3-11-27(24)20-29)22-31(33-15-7-13-26-10-5-6-14-32(26)33)23-35(37)30-19-17-25-9-2-4-12-28(25)21-30/h1-21,31H,22-23H2. The van der Waals surface area contributed by atoms with Gasteiger partial charge in [0, 0.05) is 24.0 Å². The van der Waals surface area contributed by atoms with E-state index in [1.165, 1.54) is 0 Å². The number of benzene rings is 6. The summed E-state index contributed by atoms with van der Waals surface area (Å²) in [4.78, 5) is 27.2. The molecule has 0 N–H and O–H groups in total. The van der Waals surface area contributed by atoms with Crippen LogP contribution >= 0.6 is 0 Å². The highest BCUT2D eigenvalue weighted by atomic mass is 16.1. The molecule has 37 heavy (non-hydrogen) atoms. The zero-order valence-corrected chi connectivity index (χ0v) is 20.4. The van der Waals surface area contributed by atoms with Gasteiger partial charge < -0.3 is 0 Å². The van der Waals surface area contributed by atoms with Crippen LogP contribution in [0.15, 0.2) is 127 Å². The minimum Gasteiger partial charge on any atom is -0.294 e.